The Bertz CT molecular complexity index is 744. The fourth-order valence-corrected chi connectivity index (χ4v) is 2.29. The molecule has 1 aliphatic rings. The van der Waals surface area contributed by atoms with E-state index in [2.05, 4.69) is 10.1 Å². The highest BCUT2D eigenvalue weighted by Crippen LogP contribution is 2.37. The summed E-state index contributed by atoms with van der Waals surface area (Å²) in [4.78, 5) is 28.7. The van der Waals surface area contributed by atoms with Gasteiger partial charge in [-0.1, -0.05) is 16.8 Å². The zero-order chi connectivity index (χ0) is 14.4. The van der Waals surface area contributed by atoms with E-state index in [1.807, 2.05) is 0 Å². The molecule has 0 saturated heterocycles. The minimum Gasteiger partial charge on any atom is -0.340 e. The standard InChI is InChI=1S/C12H7ClFN3O3/c1-5-15-8(16-20-5)4-17-10-7(14)3-2-6(13)9(10)11(18)12(17)19/h2-3H,4H2,1H3. The van der Waals surface area contributed by atoms with Crippen molar-refractivity contribution in [3.8, 4) is 0 Å². The number of nitrogens with zero attached hydrogens (tertiary/aromatic N) is 3. The first-order valence-corrected chi connectivity index (χ1v) is 6.00. The van der Waals surface area contributed by atoms with Gasteiger partial charge >= 0.3 is 0 Å². The molecule has 8 heteroatoms. The summed E-state index contributed by atoms with van der Waals surface area (Å²) in [6, 6.07) is 2.34. The highest BCUT2D eigenvalue weighted by Gasteiger charge is 2.40. The molecule has 0 bridgehead atoms. The highest BCUT2D eigenvalue weighted by atomic mass is 35.5. The Labute approximate surface area is 117 Å². The zero-order valence-corrected chi connectivity index (χ0v) is 10.9. The molecule has 1 aromatic carbocycles. The second-order valence-electron chi connectivity index (χ2n) is 4.20. The van der Waals surface area contributed by atoms with E-state index in [1.165, 1.54) is 6.07 Å². The summed E-state index contributed by atoms with van der Waals surface area (Å²) < 4.78 is 18.7. The molecular formula is C12H7ClFN3O3. The summed E-state index contributed by atoms with van der Waals surface area (Å²) in [5.41, 5.74) is -0.271. The predicted octanol–water partition coefficient (Wildman–Crippen LogP) is 1.90. The molecule has 0 fully saturated rings. The number of aromatic nitrogens is 2. The maximum Gasteiger partial charge on any atom is 0.300 e. The second-order valence-corrected chi connectivity index (χ2v) is 4.61. The number of rotatable bonds is 2. The van der Waals surface area contributed by atoms with Gasteiger partial charge in [0, 0.05) is 6.92 Å². The van der Waals surface area contributed by atoms with Gasteiger partial charge in [-0.2, -0.15) is 4.98 Å². The van der Waals surface area contributed by atoms with E-state index in [0.717, 1.165) is 11.0 Å². The van der Waals surface area contributed by atoms with Crippen molar-refractivity contribution in [3.63, 3.8) is 0 Å². The number of Topliss-reactive ketones (excluding diaryl/α,β-unsaturated/α-hetero) is 1. The Morgan fingerprint density at radius 1 is 1.40 bits per heavy atom. The maximum absolute atomic E-state index is 13.9. The van der Waals surface area contributed by atoms with E-state index >= 15 is 0 Å². The normalized spacial score (nSPS) is 14.1. The molecular weight excluding hydrogens is 289 g/mol. The minimum absolute atomic E-state index is 0.0338. The first-order chi connectivity index (χ1) is 9.49. The lowest BCUT2D eigenvalue weighted by Gasteiger charge is -2.14. The van der Waals surface area contributed by atoms with Gasteiger partial charge in [0.15, 0.2) is 5.82 Å². The van der Waals surface area contributed by atoms with Crippen molar-refractivity contribution in [1.82, 2.24) is 10.1 Å². The van der Waals surface area contributed by atoms with Gasteiger partial charge in [0.25, 0.3) is 11.7 Å². The summed E-state index contributed by atoms with van der Waals surface area (Å²) in [5, 5.41) is 3.65. The van der Waals surface area contributed by atoms with Crippen LogP contribution in [0, 0.1) is 12.7 Å². The van der Waals surface area contributed by atoms with Gasteiger partial charge < -0.3 is 4.52 Å². The molecule has 1 amide bonds. The number of carbonyl (C=O) groups is 2. The minimum atomic E-state index is -0.866. The van der Waals surface area contributed by atoms with Crippen LogP contribution in [0.4, 0.5) is 10.1 Å². The number of hydrogen-bond acceptors (Lipinski definition) is 5. The molecule has 1 aliphatic heterocycles. The van der Waals surface area contributed by atoms with Gasteiger partial charge in [-0.05, 0) is 12.1 Å². The molecule has 2 heterocycles. The molecule has 3 rings (SSSR count). The number of aryl methyl sites for hydroxylation is 1. The van der Waals surface area contributed by atoms with Crippen LogP contribution < -0.4 is 4.90 Å². The smallest absolute Gasteiger partial charge is 0.300 e. The Hall–Kier alpha value is -2.28. The molecule has 20 heavy (non-hydrogen) atoms. The number of benzene rings is 1. The van der Waals surface area contributed by atoms with Gasteiger partial charge in [-0.25, -0.2) is 4.39 Å². The topological polar surface area (TPSA) is 76.3 Å². The van der Waals surface area contributed by atoms with Crippen LogP contribution in [0.25, 0.3) is 0 Å². The molecule has 0 saturated carbocycles. The third-order valence-electron chi connectivity index (χ3n) is 2.88. The summed E-state index contributed by atoms with van der Waals surface area (Å²) in [6.07, 6.45) is 0. The van der Waals surface area contributed by atoms with Crippen LogP contribution in [0.3, 0.4) is 0 Å². The van der Waals surface area contributed by atoms with Crippen LogP contribution in [0.5, 0.6) is 0 Å². The monoisotopic (exact) mass is 295 g/mol. The summed E-state index contributed by atoms with van der Waals surface area (Å²) >= 11 is 5.86. The van der Waals surface area contributed by atoms with E-state index in [9.17, 15) is 14.0 Å². The molecule has 0 N–H and O–H groups in total. The van der Waals surface area contributed by atoms with Crippen LogP contribution in [-0.4, -0.2) is 21.8 Å². The summed E-state index contributed by atoms with van der Waals surface area (Å²) in [5.74, 6) is -1.93. The average Bonchev–Trinajstić information content (AvgIpc) is 2.92. The van der Waals surface area contributed by atoms with Crippen molar-refractivity contribution in [2.45, 2.75) is 13.5 Å². The predicted molar refractivity (Wildman–Crippen MR) is 66.0 cm³/mol. The largest absolute Gasteiger partial charge is 0.340 e. The number of carbonyl (C=O) groups excluding carboxylic acids is 2. The fraction of sp³-hybridized carbons (Fsp3) is 0.167. The Morgan fingerprint density at radius 2 is 2.15 bits per heavy atom. The van der Waals surface area contributed by atoms with Crippen LogP contribution >= 0.6 is 11.6 Å². The number of hydrogen-bond donors (Lipinski definition) is 0. The third kappa shape index (κ3) is 1.78. The first-order valence-electron chi connectivity index (χ1n) is 5.62. The molecule has 0 atom stereocenters. The number of ketones is 1. The molecule has 0 radical (unpaired) electrons. The van der Waals surface area contributed by atoms with E-state index in [-0.39, 0.29) is 28.6 Å². The van der Waals surface area contributed by atoms with Gasteiger partial charge in [-0.15, -0.1) is 0 Å². The molecule has 2 aromatic rings. The van der Waals surface area contributed by atoms with Crippen LogP contribution in [0.1, 0.15) is 22.1 Å². The van der Waals surface area contributed by atoms with Crippen molar-refractivity contribution < 1.29 is 18.5 Å². The average molecular weight is 296 g/mol. The van der Waals surface area contributed by atoms with Crippen molar-refractivity contribution >= 4 is 29.0 Å². The van der Waals surface area contributed by atoms with Gasteiger partial charge in [0.2, 0.25) is 5.89 Å². The molecule has 0 unspecified atom stereocenters. The van der Waals surface area contributed by atoms with Crippen molar-refractivity contribution in [2.24, 2.45) is 0 Å². The quantitative estimate of drug-likeness (QED) is 0.791. The lowest BCUT2D eigenvalue weighted by molar-refractivity contribution is -0.114. The van der Waals surface area contributed by atoms with Crippen LogP contribution in [-0.2, 0) is 11.3 Å². The van der Waals surface area contributed by atoms with Gasteiger partial charge in [0.05, 0.1) is 22.8 Å². The fourth-order valence-electron chi connectivity index (χ4n) is 2.05. The summed E-state index contributed by atoms with van der Waals surface area (Å²) in [7, 11) is 0. The Kier molecular flexibility index (Phi) is 2.79. The lowest BCUT2D eigenvalue weighted by Crippen LogP contribution is -2.30. The summed E-state index contributed by atoms with van der Waals surface area (Å²) in [6.45, 7) is 1.42. The SMILES string of the molecule is Cc1nc(CN2C(=O)C(=O)c3c(Cl)ccc(F)c32)no1. The number of halogens is 2. The van der Waals surface area contributed by atoms with E-state index in [0.29, 0.717) is 5.89 Å². The van der Waals surface area contributed by atoms with Crippen LogP contribution in [0.15, 0.2) is 16.7 Å². The van der Waals surface area contributed by atoms with Gasteiger partial charge in [0.1, 0.15) is 5.82 Å². The van der Waals surface area contributed by atoms with Crippen molar-refractivity contribution in [3.05, 3.63) is 40.3 Å². The van der Waals surface area contributed by atoms with E-state index in [4.69, 9.17) is 16.1 Å². The van der Waals surface area contributed by atoms with E-state index in [1.54, 1.807) is 6.92 Å². The third-order valence-corrected chi connectivity index (χ3v) is 3.20. The first kappa shape index (κ1) is 12.7. The lowest BCUT2D eigenvalue weighted by atomic mass is 10.1. The highest BCUT2D eigenvalue weighted by molar-refractivity contribution is 6.55. The Balaban J connectivity index is 2.08. The molecule has 0 aliphatic carbocycles. The van der Waals surface area contributed by atoms with Gasteiger partial charge in [-0.3, -0.25) is 14.5 Å². The number of fused-ring (bicyclic) bond motifs is 1. The Morgan fingerprint density at radius 3 is 2.80 bits per heavy atom. The van der Waals surface area contributed by atoms with Crippen molar-refractivity contribution in [2.75, 3.05) is 4.90 Å². The molecule has 102 valence electrons. The second kappa shape index (κ2) is 4.38. The number of amides is 1. The molecule has 6 nitrogen and oxygen atoms in total. The van der Waals surface area contributed by atoms with Crippen molar-refractivity contribution in [1.29, 1.82) is 0 Å². The number of anilines is 1. The van der Waals surface area contributed by atoms with Crippen LogP contribution in [0.2, 0.25) is 5.02 Å². The van der Waals surface area contributed by atoms with E-state index < -0.39 is 17.5 Å². The maximum atomic E-state index is 13.9. The zero-order valence-electron chi connectivity index (χ0n) is 10.2. The molecule has 1 aromatic heterocycles. The molecule has 0 spiro atoms.